The molecule has 0 saturated heterocycles. The minimum absolute atomic E-state index is 0.0755. The van der Waals surface area contributed by atoms with Crippen molar-refractivity contribution in [3.8, 4) is 11.5 Å². The van der Waals surface area contributed by atoms with Crippen molar-refractivity contribution in [2.75, 3.05) is 0 Å². The lowest BCUT2D eigenvalue weighted by atomic mass is 10.2. The lowest BCUT2D eigenvalue weighted by Crippen LogP contribution is -1.88. The van der Waals surface area contributed by atoms with E-state index in [1.165, 1.54) is 23.9 Å². The van der Waals surface area contributed by atoms with Crippen LogP contribution in [-0.2, 0) is 5.75 Å². The molecule has 0 aliphatic heterocycles. The molecule has 0 aliphatic carbocycles. The molecule has 0 aliphatic rings. The first-order valence-corrected chi connectivity index (χ1v) is 7.31. The fraction of sp³-hybridized carbons (Fsp3) is 0.0714. The second-order valence-corrected chi connectivity index (χ2v) is 5.25. The summed E-state index contributed by atoms with van der Waals surface area (Å²) in [4.78, 5) is 14.1. The fourth-order valence-electron chi connectivity index (χ4n) is 1.74. The molecule has 0 spiro atoms. The average molecular weight is 314 g/mol. The van der Waals surface area contributed by atoms with E-state index in [0.29, 0.717) is 16.9 Å². The van der Waals surface area contributed by atoms with Crippen molar-refractivity contribution in [1.82, 2.24) is 15.2 Å². The van der Waals surface area contributed by atoms with Gasteiger partial charge in [0.25, 0.3) is 10.9 Å². The van der Waals surface area contributed by atoms with Crippen molar-refractivity contribution in [2.24, 2.45) is 0 Å². The van der Waals surface area contributed by atoms with Crippen LogP contribution in [0.15, 0.2) is 58.4 Å². The molecule has 0 saturated carbocycles. The number of nitro groups is 1. The first-order valence-electron chi connectivity index (χ1n) is 6.32. The molecule has 3 rings (SSSR count). The van der Waals surface area contributed by atoms with E-state index < -0.39 is 4.92 Å². The molecule has 0 unspecified atom stereocenters. The predicted molar refractivity (Wildman–Crippen MR) is 80.2 cm³/mol. The number of nitro benzene ring substituents is 1. The Bertz CT molecular complexity index is 774. The minimum Gasteiger partial charge on any atom is -0.411 e. The number of benzene rings is 1. The van der Waals surface area contributed by atoms with Crippen LogP contribution in [0.5, 0.6) is 0 Å². The van der Waals surface area contributed by atoms with Gasteiger partial charge in [-0.15, -0.1) is 10.2 Å². The van der Waals surface area contributed by atoms with Gasteiger partial charge in [0.15, 0.2) is 0 Å². The SMILES string of the molecule is O=[N+]([O-])c1ccc(CSc2nnc(-c3ccncc3)o2)cc1. The zero-order valence-electron chi connectivity index (χ0n) is 11.2. The number of non-ortho nitro benzene ring substituents is 1. The highest BCUT2D eigenvalue weighted by molar-refractivity contribution is 7.98. The Hall–Kier alpha value is -2.74. The normalized spacial score (nSPS) is 10.5. The van der Waals surface area contributed by atoms with Crippen LogP contribution < -0.4 is 0 Å². The van der Waals surface area contributed by atoms with Crippen LogP contribution in [0.25, 0.3) is 11.5 Å². The number of hydrogen-bond acceptors (Lipinski definition) is 7. The number of nitrogens with zero attached hydrogens (tertiary/aromatic N) is 4. The van der Waals surface area contributed by atoms with Crippen LogP contribution in [0.1, 0.15) is 5.56 Å². The molecule has 2 heterocycles. The van der Waals surface area contributed by atoms with Crippen LogP contribution in [0.3, 0.4) is 0 Å². The molecular weight excluding hydrogens is 304 g/mol. The summed E-state index contributed by atoms with van der Waals surface area (Å²) >= 11 is 1.38. The molecule has 8 heteroatoms. The van der Waals surface area contributed by atoms with E-state index >= 15 is 0 Å². The van der Waals surface area contributed by atoms with Gasteiger partial charge in [-0.1, -0.05) is 23.9 Å². The van der Waals surface area contributed by atoms with E-state index in [9.17, 15) is 10.1 Å². The average Bonchev–Trinajstić information content (AvgIpc) is 3.03. The van der Waals surface area contributed by atoms with Gasteiger partial charge in [-0.2, -0.15) is 0 Å². The van der Waals surface area contributed by atoms with Crippen LogP contribution in [0, 0.1) is 10.1 Å². The van der Waals surface area contributed by atoms with E-state index in [0.717, 1.165) is 11.1 Å². The Morgan fingerprint density at radius 2 is 1.82 bits per heavy atom. The van der Waals surface area contributed by atoms with Gasteiger partial charge in [0.1, 0.15) is 0 Å². The lowest BCUT2D eigenvalue weighted by molar-refractivity contribution is -0.384. The zero-order chi connectivity index (χ0) is 15.4. The third-order valence-electron chi connectivity index (χ3n) is 2.84. The maximum absolute atomic E-state index is 10.6. The van der Waals surface area contributed by atoms with Crippen molar-refractivity contribution >= 4 is 17.4 Å². The molecule has 1 aromatic carbocycles. The Kier molecular flexibility index (Phi) is 4.10. The summed E-state index contributed by atoms with van der Waals surface area (Å²) in [7, 11) is 0. The van der Waals surface area contributed by atoms with Gasteiger partial charge in [0, 0.05) is 35.8 Å². The summed E-state index contributed by atoms with van der Waals surface area (Å²) in [6.07, 6.45) is 3.31. The van der Waals surface area contributed by atoms with Crippen LogP contribution in [0.4, 0.5) is 5.69 Å². The topological polar surface area (TPSA) is 95.0 Å². The van der Waals surface area contributed by atoms with E-state index in [2.05, 4.69) is 15.2 Å². The summed E-state index contributed by atoms with van der Waals surface area (Å²) in [5, 5.41) is 19.0. The van der Waals surface area contributed by atoms with Gasteiger partial charge in [-0.3, -0.25) is 15.1 Å². The van der Waals surface area contributed by atoms with E-state index in [-0.39, 0.29) is 5.69 Å². The zero-order valence-corrected chi connectivity index (χ0v) is 12.1. The molecule has 3 aromatic rings. The summed E-state index contributed by atoms with van der Waals surface area (Å²) < 4.78 is 5.56. The Labute approximate surface area is 129 Å². The molecule has 0 atom stereocenters. The summed E-state index contributed by atoms with van der Waals surface area (Å²) in [5.41, 5.74) is 1.83. The van der Waals surface area contributed by atoms with E-state index in [4.69, 9.17) is 4.42 Å². The number of rotatable bonds is 5. The molecule has 22 heavy (non-hydrogen) atoms. The predicted octanol–water partition coefficient (Wildman–Crippen LogP) is 3.33. The Balaban J connectivity index is 1.65. The molecule has 0 fully saturated rings. The monoisotopic (exact) mass is 314 g/mol. The third kappa shape index (κ3) is 3.29. The quantitative estimate of drug-likeness (QED) is 0.405. The molecule has 110 valence electrons. The molecule has 0 amide bonds. The first-order chi connectivity index (χ1) is 10.7. The molecule has 7 nitrogen and oxygen atoms in total. The van der Waals surface area contributed by atoms with Crippen molar-refractivity contribution in [3.63, 3.8) is 0 Å². The maximum atomic E-state index is 10.6. The first kappa shape index (κ1) is 14.2. The minimum atomic E-state index is -0.421. The summed E-state index contributed by atoms with van der Waals surface area (Å²) in [5.74, 6) is 1.03. The largest absolute Gasteiger partial charge is 0.411 e. The van der Waals surface area contributed by atoms with E-state index in [1.807, 2.05) is 0 Å². The lowest BCUT2D eigenvalue weighted by Gasteiger charge is -1.98. The molecule has 0 N–H and O–H groups in total. The van der Waals surface area contributed by atoms with Gasteiger partial charge in [-0.25, -0.2) is 0 Å². The fourth-order valence-corrected chi connectivity index (χ4v) is 2.46. The van der Waals surface area contributed by atoms with Gasteiger partial charge in [-0.05, 0) is 17.7 Å². The Morgan fingerprint density at radius 3 is 2.50 bits per heavy atom. The molecular formula is C14H10N4O3S. The number of aromatic nitrogens is 3. The standard InChI is InChI=1S/C14H10N4O3S/c19-18(20)12-3-1-10(2-4-12)9-22-14-17-16-13(21-14)11-5-7-15-8-6-11/h1-8H,9H2. The van der Waals surface area contributed by atoms with Crippen molar-refractivity contribution in [2.45, 2.75) is 11.0 Å². The van der Waals surface area contributed by atoms with Gasteiger partial charge in [0.2, 0.25) is 5.89 Å². The van der Waals surface area contributed by atoms with Crippen molar-refractivity contribution in [3.05, 3.63) is 64.5 Å². The highest BCUT2D eigenvalue weighted by atomic mass is 32.2. The summed E-state index contributed by atoms with van der Waals surface area (Å²) in [6, 6.07) is 9.96. The van der Waals surface area contributed by atoms with Crippen LogP contribution in [0.2, 0.25) is 0 Å². The maximum Gasteiger partial charge on any atom is 0.277 e. The number of thioether (sulfide) groups is 1. The van der Waals surface area contributed by atoms with Crippen molar-refractivity contribution in [1.29, 1.82) is 0 Å². The second kappa shape index (κ2) is 6.35. The molecule has 2 aromatic heterocycles. The molecule has 0 bridgehead atoms. The highest BCUT2D eigenvalue weighted by Crippen LogP contribution is 2.25. The molecule has 0 radical (unpaired) electrons. The smallest absolute Gasteiger partial charge is 0.277 e. The van der Waals surface area contributed by atoms with Crippen LogP contribution >= 0.6 is 11.8 Å². The van der Waals surface area contributed by atoms with Crippen LogP contribution in [-0.4, -0.2) is 20.1 Å². The van der Waals surface area contributed by atoms with Gasteiger partial charge >= 0.3 is 0 Å². The van der Waals surface area contributed by atoms with Gasteiger partial charge in [0.05, 0.1) is 4.92 Å². The second-order valence-electron chi connectivity index (χ2n) is 4.32. The van der Waals surface area contributed by atoms with Crippen molar-refractivity contribution < 1.29 is 9.34 Å². The summed E-state index contributed by atoms with van der Waals surface area (Å²) in [6.45, 7) is 0. The highest BCUT2D eigenvalue weighted by Gasteiger charge is 2.09. The van der Waals surface area contributed by atoms with E-state index in [1.54, 1.807) is 36.7 Å². The number of pyridine rings is 1. The number of hydrogen-bond donors (Lipinski definition) is 0. The Morgan fingerprint density at radius 1 is 1.09 bits per heavy atom. The van der Waals surface area contributed by atoms with Gasteiger partial charge < -0.3 is 4.42 Å². The third-order valence-corrected chi connectivity index (χ3v) is 3.73.